The van der Waals surface area contributed by atoms with E-state index in [4.69, 9.17) is 16.0 Å². The summed E-state index contributed by atoms with van der Waals surface area (Å²) in [5.41, 5.74) is 10.7. The summed E-state index contributed by atoms with van der Waals surface area (Å²) in [5, 5.41) is 9.57. The highest BCUT2D eigenvalue weighted by molar-refractivity contribution is 5.88. The van der Waals surface area contributed by atoms with Crippen LogP contribution in [0.15, 0.2) is 36.7 Å². The number of rotatable bonds is 5. The van der Waals surface area contributed by atoms with E-state index in [9.17, 15) is 0 Å². The molecule has 1 aromatic carbocycles. The third-order valence-corrected chi connectivity index (χ3v) is 4.13. The Morgan fingerprint density at radius 3 is 2.60 bits per heavy atom. The second-order valence-electron chi connectivity index (χ2n) is 6.08. The van der Waals surface area contributed by atoms with Crippen molar-refractivity contribution < 1.29 is 0 Å². The Balaban J connectivity index is 2.10. The fourth-order valence-electron chi connectivity index (χ4n) is 2.76. The number of aromatic nitrogens is 3. The molecule has 0 saturated heterocycles. The van der Waals surface area contributed by atoms with Crippen LogP contribution in [0.2, 0.25) is 0 Å². The van der Waals surface area contributed by atoms with Crippen LogP contribution >= 0.6 is 0 Å². The SMILES string of the molecule is CN(C)c1ccc(-c2nc3ncnc(N)c3cc2CCCC#N)cc1. The molecule has 0 radical (unpaired) electrons. The van der Waals surface area contributed by atoms with Crippen molar-refractivity contribution in [2.45, 2.75) is 19.3 Å². The summed E-state index contributed by atoms with van der Waals surface area (Å²) in [4.78, 5) is 15.1. The quantitative estimate of drug-likeness (QED) is 0.721. The van der Waals surface area contributed by atoms with E-state index in [1.165, 1.54) is 6.33 Å². The van der Waals surface area contributed by atoms with Crippen LogP contribution in [0.25, 0.3) is 22.3 Å². The lowest BCUT2D eigenvalue weighted by atomic mass is 10.00. The number of hydrogen-bond donors (Lipinski definition) is 1. The number of aryl methyl sites for hydroxylation is 1. The molecule has 3 rings (SSSR count). The van der Waals surface area contributed by atoms with Crippen molar-refractivity contribution in [3.05, 3.63) is 42.2 Å². The third-order valence-electron chi connectivity index (χ3n) is 4.13. The van der Waals surface area contributed by atoms with Crippen molar-refractivity contribution >= 4 is 22.5 Å². The van der Waals surface area contributed by atoms with Gasteiger partial charge in [-0.1, -0.05) is 12.1 Å². The first-order chi connectivity index (χ1) is 12.1. The Kier molecular flexibility index (Phi) is 4.75. The number of unbranched alkanes of at least 4 members (excludes halogenated alkanes) is 1. The van der Waals surface area contributed by atoms with E-state index in [0.29, 0.717) is 17.9 Å². The van der Waals surface area contributed by atoms with Crippen LogP contribution in [-0.4, -0.2) is 29.0 Å². The Morgan fingerprint density at radius 1 is 1.16 bits per heavy atom. The normalized spacial score (nSPS) is 10.6. The summed E-state index contributed by atoms with van der Waals surface area (Å²) in [6, 6.07) is 12.4. The van der Waals surface area contributed by atoms with Gasteiger partial charge in [0.15, 0.2) is 5.65 Å². The molecule has 25 heavy (non-hydrogen) atoms. The molecule has 0 aliphatic carbocycles. The molecular formula is C19H20N6. The monoisotopic (exact) mass is 332 g/mol. The predicted molar refractivity (Wildman–Crippen MR) is 100 cm³/mol. The first-order valence-corrected chi connectivity index (χ1v) is 8.15. The highest BCUT2D eigenvalue weighted by Gasteiger charge is 2.12. The molecule has 2 N–H and O–H groups in total. The molecule has 0 aliphatic heterocycles. The predicted octanol–water partition coefficient (Wildman–Crippen LogP) is 3.19. The average Bonchev–Trinajstić information content (AvgIpc) is 2.62. The van der Waals surface area contributed by atoms with Gasteiger partial charge in [-0.05, 0) is 36.6 Å². The molecule has 2 heterocycles. The van der Waals surface area contributed by atoms with Gasteiger partial charge < -0.3 is 10.6 Å². The summed E-state index contributed by atoms with van der Waals surface area (Å²) in [5.74, 6) is 0.425. The van der Waals surface area contributed by atoms with Gasteiger partial charge >= 0.3 is 0 Å². The molecule has 126 valence electrons. The molecule has 6 nitrogen and oxygen atoms in total. The van der Waals surface area contributed by atoms with Gasteiger partial charge in [-0.2, -0.15) is 5.26 Å². The molecular weight excluding hydrogens is 312 g/mol. The molecule has 0 aliphatic rings. The Bertz CT molecular complexity index is 925. The van der Waals surface area contributed by atoms with Crippen LogP contribution in [0.3, 0.4) is 0 Å². The van der Waals surface area contributed by atoms with Crippen molar-refractivity contribution in [3.8, 4) is 17.3 Å². The fraction of sp³-hybridized carbons (Fsp3) is 0.263. The highest BCUT2D eigenvalue weighted by atomic mass is 15.1. The van der Waals surface area contributed by atoms with Crippen LogP contribution in [-0.2, 0) is 6.42 Å². The van der Waals surface area contributed by atoms with Gasteiger partial charge in [0.25, 0.3) is 0 Å². The molecule has 6 heteroatoms. The highest BCUT2D eigenvalue weighted by Crippen LogP contribution is 2.29. The second kappa shape index (κ2) is 7.14. The minimum Gasteiger partial charge on any atom is -0.383 e. The lowest BCUT2D eigenvalue weighted by Crippen LogP contribution is -2.08. The van der Waals surface area contributed by atoms with Crippen LogP contribution in [0.4, 0.5) is 11.5 Å². The molecule has 0 atom stereocenters. The molecule has 0 amide bonds. The Hall–Kier alpha value is -3.20. The van der Waals surface area contributed by atoms with E-state index >= 15 is 0 Å². The molecule has 0 unspecified atom stereocenters. The number of anilines is 2. The zero-order chi connectivity index (χ0) is 17.8. The zero-order valence-electron chi connectivity index (χ0n) is 14.4. The molecule has 0 bridgehead atoms. The van der Waals surface area contributed by atoms with E-state index in [-0.39, 0.29) is 0 Å². The Labute approximate surface area is 147 Å². The van der Waals surface area contributed by atoms with Crippen LogP contribution in [0.5, 0.6) is 0 Å². The third kappa shape index (κ3) is 3.50. The first kappa shape index (κ1) is 16.7. The van der Waals surface area contributed by atoms with Crippen LogP contribution in [0.1, 0.15) is 18.4 Å². The fourth-order valence-corrected chi connectivity index (χ4v) is 2.76. The zero-order valence-corrected chi connectivity index (χ0v) is 14.4. The molecule has 3 aromatic rings. The van der Waals surface area contributed by atoms with Crippen molar-refractivity contribution in [2.24, 2.45) is 0 Å². The number of nitriles is 1. The number of hydrogen-bond acceptors (Lipinski definition) is 6. The largest absolute Gasteiger partial charge is 0.383 e. The van der Waals surface area contributed by atoms with Crippen LogP contribution in [0, 0.1) is 11.3 Å². The lowest BCUT2D eigenvalue weighted by molar-refractivity contribution is 0.849. The smallest absolute Gasteiger partial charge is 0.165 e. The average molecular weight is 332 g/mol. The summed E-state index contributed by atoms with van der Waals surface area (Å²) in [6.45, 7) is 0. The number of nitrogens with zero attached hydrogens (tertiary/aromatic N) is 5. The van der Waals surface area contributed by atoms with E-state index < -0.39 is 0 Å². The van der Waals surface area contributed by atoms with E-state index in [2.05, 4.69) is 45.2 Å². The van der Waals surface area contributed by atoms with Gasteiger partial charge in [-0.25, -0.2) is 15.0 Å². The van der Waals surface area contributed by atoms with Crippen molar-refractivity contribution in [3.63, 3.8) is 0 Å². The summed E-state index contributed by atoms with van der Waals surface area (Å²) in [6.07, 6.45) is 3.48. The Morgan fingerprint density at radius 2 is 1.92 bits per heavy atom. The van der Waals surface area contributed by atoms with Gasteiger partial charge in [-0.15, -0.1) is 0 Å². The molecule has 0 saturated carbocycles. The number of fused-ring (bicyclic) bond motifs is 1. The lowest BCUT2D eigenvalue weighted by Gasteiger charge is -2.14. The summed E-state index contributed by atoms with van der Waals surface area (Å²) in [7, 11) is 4.02. The van der Waals surface area contributed by atoms with Gasteiger partial charge in [0, 0.05) is 31.8 Å². The minimum atomic E-state index is 0.425. The molecule has 2 aromatic heterocycles. The van der Waals surface area contributed by atoms with Gasteiger partial charge in [0.05, 0.1) is 17.1 Å². The number of nitrogens with two attached hydrogens (primary N) is 1. The number of benzene rings is 1. The molecule has 0 fully saturated rings. The van der Waals surface area contributed by atoms with E-state index in [1.54, 1.807) is 0 Å². The number of nitrogen functional groups attached to an aromatic ring is 1. The van der Waals surface area contributed by atoms with Crippen molar-refractivity contribution in [1.82, 2.24) is 15.0 Å². The van der Waals surface area contributed by atoms with Crippen LogP contribution < -0.4 is 10.6 Å². The number of pyridine rings is 1. The maximum absolute atomic E-state index is 8.82. The summed E-state index contributed by atoms with van der Waals surface area (Å²) < 4.78 is 0. The minimum absolute atomic E-state index is 0.425. The van der Waals surface area contributed by atoms with Gasteiger partial charge in [0.1, 0.15) is 12.1 Å². The molecule has 0 spiro atoms. The van der Waals surface area contributed by atoms with Crippen molar-refractivity contribution in [2.75, 3.05) is 24.7 Å². The van der Waals surface area contributed by atoms with Crippen molar-refractivity contribution in [1.29, 1.82) is 5.26 Å². The first-order valence-electron chi connectivity index (χ1n) is 8.15. The maximum atomic E-state index is 8.82. The van der Waals surface area contributed by atoms with E-state index in [1.807, 2.05) is 20.2 Å². The van der Waals surface area contributed by atoms with Gasteiger partial charge in [-0.3, -0.25) is 0 Å². The topological polar surface area (TPSA) is 91.7 Å². The maximum Gasteiger partial charge on any atom is 0.165 e. The van der Waals surface area contributed by atoms with Gasteiger partial charge in [0.2, 0.25) is 0 Å². The second-order valence-corrected chi connectivity index (χ2v) is 6.08. The standard InChI is InChI=1S/C19H20N6/c1-25(2)15-8-6-13(7-9-15)17-14(5-3-4-10-20)11-16-18(21)22-12-23-19(16)24-17/h6-9,11-12H,3-5H2,1-2H3,(H2,21,22,23,24). The van der Waals surface area contributed by atoms with E-state index in [0.717, 1.165) is 40.7 Å². The summed E-state index contributed by atoms with van der Waals surface area (Å²) >= 11 is 0.